The quantitative estimate of drug-likeness (QED) is 0.0165. The van der Waals surface area contributed by atoms with Crippen LogP contribution in [0.4, 0.5) is 0 Å². The molecule has 0 saturated heterocycles. The van der Waals surface area contributed by atoms with Crippen LogP contribution in [0.1, 0.15) is 219 Å². The molecule has 5 unspecified atom stereocenters. The Balaban J connectivity index is 3.82. The van der Waals surface area contributed by atoms with Crippen LogP contribution in [0, 0.1) is 0 Å². The van der Waals surface area contributed by atoms with Gasteiger partial charge in [0.2, 0.25) is 0 Å². The van der Waals surface area contributed by atoms with E-state index in [1.165, 1.54) is 141 Å². The van der Waals surface area contributed by atoms with Crippen molar-refractivity contribution in [1.29, 1.82) is 0 Å². The van der Waals surface area contributed by atoms with Gasteiger partial charge >= 0.3 is 27.6 Å². The van der Waals surface area contributed by atoms with Crippen molar-refractivity contribution in [2.45, 2.75) is 238 Å². The third kappa shape index (κ3) is 45.9. The number of ether oxygens (including phenoxy) is 2. The van der Waals surface area contributed by atoms with Crippen LogP contribution in [0.15, 0.2) is 12.2 Å². The van der Waals surface area contributed by atoms with Gasteiger partial charge in [-0.25, -0.2) is 9.13 Å². The first-order valence-electron chi connectivity index (χ1n) is 25.0. The van der Waals surface area contributed by atoms with Gasteiger partial charge in [0, 0.05) is 12.8 Å². The predicted octanol–water partition coefficient (Wildman–Crippen LogP) is 11.5. The molecule has 0 heterocycles. The Morgan fingerprint density at radius 2 is 0.625 bits per heavy atom. The molecule has 0 aromatic heterocycles. The molecule has 0 radical (unpaired) electrons. The molecule has 0 spiro atoms. The molecule has 5 atom stereocenters. The second-order valence-corrected chi connectivity index (χ2v) is 20.1. The Bertz CT molecular complexity index is 1210. The molecule has 15 nitrogen and oxygen atoms in total. The fraction of sp³-hybridized carbons (Fsp3) is 0.915. The van der Waals surface area contributed by atoms with E-state index in [1.807, 2.05) is 0 Å². The van der Waals surface area contributed by atoms with Crippen LogP contribution in [-0.4, -0.2) is 95.0 Å². The molecule has 0 aliphatic rings. The molecular weight excluding hydrogens is 866 g/mol. The molecule has 0 saturated carbocycles. The van der Waals surface area contributed by atoms with Crippen LogP contribution in [0.3, 0.4) is 0 Å². The molecule has 0 rings (SSSR count). The van der Waals surface area contributed by atoms with Crippen molar-refractivity contribution >= 4 is 27.6 Å². The number of esters is 2. The van der Waals surface area contributed by atoms with Gasteiger partial charge in [-0.05, 0) is 38.5 Å². The highest BCUT2D eigenvalue weighted by atomic mass is 31.2. The molecule has 64 heavy (non-hydrogen) atoms. The Hall–Kier alpha value is -1.22. The van der Waals surface area contributed by atoms with E-state index in [-0.39, 0.29) is 12.8 Å². The zero-order chi connectivity index (χ0) is 47.4. The largest absolute Gasteiger partial charge is 0.472 e. The summed E-state index contributed by atoms with van der Waals surface area (Å²) in [6.45, 7) is 0.440. The topological polar surface area (TPSA) is 225 Å². The number of carbonyl (C=O) groups is 2. The monoisotopic (exact) mass is 959 g/mol. The predicted molar refractivity (Wildman–Crippen MR) is 252 cm³/mol. The van der Waals surface area contributed by atoms with Crippen LogP contribution in [0.2, 0.25) is 0 Å². The van der Waals surface area contributed by atoms with Crippen molar-refractivity contribution in [3.8, 4) is 0 Å². The number of carbonyl (C=O) groups excluding carboxylic acids is 2. The third-order valence-electron chi connectivity index (χ3n) is 10.7. The van der Waals surface area contributed by atoms with Crippen LogP contribution in [0.5, 0.6) is 0 Å². The summed E-state index contributed by atoms with van der Waals surface area (Å²) in [6, 6.07) is 0. The molecule has 0 aromatic carbocycles. The van der Waals surface area contributed by atoms with Gasteiger partial charge in [-0.3, -0.25) is 27.7 Å². The second-order valence-electron chi connectivity index (χ2n) is 17.2. The van der Waals surface area contributed by atoms with Gasteiger partial charge in [-0.1, -0.05) is 180 Å². The average Bonchev–Trinajstić information content (AvgIpc) is 3.27. The standard InChI is InChI=1S/C47H92O15P2/c1-3-5-7-9-11-13-15-16-17-18-19-20-21-22-23-24-26-28-30-32-34-36-47(52)58-38-44(49)40-60-64(55,56)62-42-45(50)41-61-63(53,54)59-39-43(48)37-57-46(51)35-33-31-29-27-25-14-12-10-8-6-4-2/h16-17,43-45,48-50H,3-15,18-42H2,1-2H3,(H,53,54)(H,55,56)/b17-16+. The highest BCUT2D eigenvalue weighted by molar-refractivity contribution is 7.47. The maximum atomic E-state index is 12.2. The number of aliphatic hydroxyl groups excluding tert-OH is 3. The van der Waals surface area contributed by atoms with Crippen LogP contribution in [-0.2, 0) is 46.3 Å². The Morgan fingerprint density at radius 1 is 0.391 bits per heavy atom. The van der Waals surface area contributed by atoms with Gasteiger partial charge < -0.3 is 34.6 Å². The first kappa shape index (κ1) is 62.8. The summed E-state index contributed by atoms with van der Waals surface area (Å²) in [5.74, 6) is -0.989. The molecule has 0 aromatic rings. The zero-order valence-corrected chi connectivity index (χ0v) is 41.8. The van der Waals surface area contributed by atoms with Crippen molar-refractivity contribution < 1.29 is 71.4 Å². The highest BCUT2D eigenvalue weighted by Gasteiger charge is 2.28. The summed E-state index contributed by atoms with van der Waals surface area (Å²) in [6.07, 6.45) is 36.4. The number of rotatable bonds is 49. The zero-order valence-electron chi connectivity index (χ0n) is 40.0. The van der Waals surface area contributed by atoms with E-state index >= 15 is 0 Å². The van der Waals surface area contributed by atoms with Gasteiger partial charge in [0.1, 0.15) is 31.5 Å². The van der Waals surface area contributed by atoms with Crippen molar-refractivity contribution in [3.05, 3.63) is 12.2 Å². The molecule has 0 aliphatic heterocycles. The van der Waals surface area contributed by atoms with E-state index in [9.17, 15) is 43.8 Å². The second kappa shape index (κ2) is 44.3. The van der Waals surface area contributed by atoms with E-state index in [0.29, 0.717) is 12.8 Å². The first-order chi connectivity index (χ1) is 30.8. The lowest BCUT2D eigenvalue weighted by Gasteiger charge is -2.19. The normalized spacial score (nSPS) is 15.2. The van der Waals surface area contributed by atoms with Gasteiger partial charge in [0.15, 0.2) is 0 Å². The van der Waals surface area contributed by atoms with E-state index in [2.05, 4.69) is 39.6 Å². The van der Waals surface area contributed by atoms with Gasteiger partial charge in [0.05, 0.1) is 26.4 Å². The Morgan fingerprint density at radius 3 is 0.906 bits per heavy atom. The van der Waals surface area contributed by atoms with E-state index < -0.39 is 85.5 Å². The summed E-state index contributed by atoms with van der Waals surface area (Å²) in [7, 11) is -9.56. The van der Waals surface area contributed by atoms with Gasteiger partial charge in [-0.15, -0.1) is 0 Å². The van der Waals surface area contributed by atoms with Crippen molar-refractivity contribution in [2.24, 2.45) is 0 Å². The first-order valence-corrected chi connectivity index (χ1v) is 28.0. The molecule has 17 heteroatoms. The molecule has 5 N–H and O–H groups in total. The van der Waals surface area contributed by atoms with Crippen molar-refractivity contribution in [1.82, 2.24) is 0 Å². The lowest BCUT2D eigenvalue weighted by molar-refractivity contribution is -0.148. The fourth-order valence-electron chi connectivity index (χ4n) is 6.80. The molecule has 0 bridgehead atoms. The van der Waals surface area contributed by atoms with Crippen molar-refractivity contribution in [2.75, 3.05) is 39.6 Å². The van der Waals surface area contributed by atoms with E-state index in [4.69, 9.17) is 14.0 Å². The molecular formula is C47H92O15P2. The Kier molecular flexibility index (Phi) is 43.5. The minimum Gasteiger partial charge on any atom is -0.463 e. The smallest absolute Gasteiger partial charge is 0.463 e. The van der Waals surface area contributed by atoms with Crippen LogP contribution >= 0.6 is 15.6 Å². The minimum atomic E-state index is -4.78. The van der Waals surface area contributed by atoms with Gasteiger partial charge in [-0.2, -0.15) is 0 Å². The number of hydrogen-bond acceptors (Lipinski definition) is 13. The summed E-state index contributed by atoms with van der Waals surface area (Å²) in [5, 5.41) is 30.0. The Labute approximate surface area is 387 Å². The lowest BCUT2D eigenvalue weighted by Crippen LogP contribution is -2.25. The van der Waals surface area contributed by atoms with Crippen molar-refractivity contribution in [3.63, 3.8) is 0 Å². The number of phosphoric ester groups is 2. The summed E-state index contributed by atoms with van der Waals surface area (Å²) in [4.78, 5) is 43.7. The number of hydrogen-bond donors (Lipinski definition) is 5. The third-order valence-corrected chi connectivity index (χ3v) is 12.6. The summed E-state index contributed by atoms with van der Waals surface area (Å²) >= 11 is 0. The van der Waals surface area contributed by atoms with Crippen LogP contribution < -0.4 is 0 Å². The highest BCUT2D eigenvalue weighted by Crippen LogP contribution is 2.45. The number of allylic oxidation sites excluding steroid dienone is 2. The maximum Gasteiger partial charge on any atom is 0.472 e. The van der Waals surface area contributed by atoms with E-state index in [1.54, 1.807) is 0 Å². The molecule has 0 aliphatic carbocycles. The maximum absolute atomic E-state index is 12.2. The fourth-order valence-corrected chi connectivity index (χ4v) is 8.39. The number of phosphoric acid groups is 2. The minimum absolute atomic E-state index is 0.199. The van der Waals surface area contributed by atoms with E-state index in [0.717, 1.165) is 38.5 Å². The lowest BCUT2D eigenvalue weighted by atomic mass is 10.0. The van der Waals surface area contributed by atoms with Gasteiger partial charge in [0.25, 0.3) is 0 Å². The SMILES string of the molecule is CCCCCCCC/C=C/CCCCCCCCCCCCCC(=O)OCC(O)COP(=O)(O)OCC(O)COP(=O)(O)OCC(O)COC(=O)CCCCCCCCCCCCC. The molecule has 0 amide bonds. The summed E-state index contributed by atoms with van der Waals surface area (Å²) in [5.41, 5.74) is 0. The molecule has 0 fully saturated rings. The summed E-state index contributed by atoms with van der Waals surface area (Å²) < 4.78 is 53.0. The van der Waals surface area contributed by atoms with Crippen LogP contribution in [0.25, 0.3) is 0 Å². The molecule has 380 valence electrons. The number of aliphatic hydroxyl groups is 3. The number of unbranched alkanes of at least 4 members (excludes halogenated alkanes) is 27. The average molecular weight is 959 g/mol.